The molecule has 0 aliphatic rings. The average Bonchev–Trinajstić information content (AvgIpc) is 2.56. The van der Waals surface area contributed by atoms with Crippen LogP contribution in [0.25, 0.3) is 0 Å². The minimum absolute atomic E-state index is 0. The molecule has 27 heavy (non-hydrogen) atoms. The zero-order chi connectivity index (χ0) is 19.0. The van der Waals surface area contributed by atoms with Crippen molar-refractivity contribution in [3.63, 3.8) is 0 Å². The van der Waals surface area contributed by atoms with Gasteiger partial charge in [-0.3, -0.25) is 9.69 Å². The smallest absolute Gasteiger partial charge is 0.354 e. The molecule has 0 radical (unpaired) electrons. The molecule has 0 aliphatic heterocycles. The fourth-order valence-electron chi connectivity index (χ4n) is 2.67. The minimum Gasteiger partial charge on any atom is -0.354 e. The first-order chi connectivity index (χ1) is 11.7. The highest BCUT2D eigenvalue weighted by atomic mass is 35.5. The van der Waals surface area contributed by atoms with Gasteiger partial charge in [-0.2, -0.15) is 13.2 Å². The van der Waals surface area contributed by atoms with Crippen LogP contribution in [0.1, 0.15) is 50.8 Å². The van der Waals surface area contributed by atoms with E-state index in [0.717, 1.165) is 30.8 Å². The number of likely N-dealkylation sites (N-methyl/N-ethyl adjacent to an activating group) is 1. The number of hydrogen-bond acceptors (Lipinski definition) is 3. The van der Waals surface area contributed by atoms with Gasteiger partial charge in [0, 0.05) is 19.0 Å². The molecule has 2 atom stereocenters. The number of carbonyl (C=O) groups is 1. The second-order valence-corrected chi connectivity index (χ2v) is 6.18. The molecule has 0 saturated carbocycles. The van der Waals surface area contributed by atoms with E-state index in [0.29, 0.717) is 19.4 Å². The van der Waals surface area contributed by atoms with Crippen molar-refractivity contribution >= 4 is 30.7 Å². The van der Waals surface area contributed by atoms with Crippen LogP contribution in [-0.2, 0) is 11.0 Å². The maximum atomic E-state index is 12.7. The molecule has 0 aliphatic carbocycles. The van der Waals surface area contributed by atoms with Crippen molar-refractivity contribution in [2.45, 2.75) is 51.9 Å². The molecular weight excluding hydrogens is 402 g/mol. The zero-order valence-corrected chi connectivity index (χ0v) is 17.5. The van der Waals surface area contributed by atoms with E-state index in [1.807, 2.05) is 20.8 Å². The van der Waals surface area contributed by atoms with Gasteiger partial charge < -0.3 is 11.1 Å². The number of hydrogen-bond donors (Lipinski definition) is 2. The Labute approximate surface area is 171 Å². The lowest BCUT2D eigenvalue weighted by Gasteiger charge is -2.30. The Morgan fingerprint density at radius 3 is 2.07 bits per heavy atom. The molecule has 2 unspecified atom stereocenters. The molecule has 0 bridgehead atoms. The van der Waals surface area contributed by atoms with Crippen LogP contribution in [0.15, 0.2) is 24.3 Å². The first-order valence-electron chi connectivity index (χ1n) is 8.62. The molecule has 3 N–H and O–H groups in total. The summed E-state index contributed by atoms with van der Waals surface area (Å²) in [6.07, 6.45) is -3.41. The van der Waals surface area contributed by atoms with Crippen molar-refractivity contribution in [3.8, 4) is 0 Å². The van der Waals surface area contributed by atoms with E-state index < -0.39 is 11.7 Å². The summed E-state index contributed by atoms with van der Waals surface area (Å²) in [6.45, 7) is 7.63. The second kappa shape index (κ2) is 13.2. The summed E-state index contributed by atoms with van der Waals surface area (Å²) in [4.78, 5) is 14.0. The Kier molecular flexibility index (Phi) is 13.8. The number of nitrogens with one attached hydrogen (secondary N) is 1. The van der Waals surface area contributed by atoms with Gasteiger partial charge in [0.25, 0.3) is 0 Å². The van der Waals surface area contributed by atoms with E-state index in [9.17, 15) is 18.0 Å². The monoisotopic (exact) mass is 431 g/mol. The van der Waals surface area contributed by atoms with Gasteiger partial charge in [-0.05, 0) is 44.1 Å². The van der Waals surface area contributed by atoms with Crippen LogP contribution in [0.2, 0.25) is 0 Å². The predicted octanol–water partition coefficient (Wildman–Crippen LogP) is 4.18. The van der Waals surface area contributed by atoms with Crippen LogP contribution in [-0.4, -0.2) is 36.5 Å². The molecule has 1 aromatic carbocycles. The first kappa shape index (κ1) is 28.2. The third-order valence-electron chi connectivity index (χ3n) is 4.20. The van der Waals surface area contributed by atoms with Crippen molar-refractivity contribution < 1.29 is 18.0 Å². The predicted molar refractivity (Wildman–Crippen MR) is 107 cm³/mol. The fraction of sp³-hybridized carbons (Fsp3) is 0.611. The largest absolute Gasteiger partial charge is 0.416 e. The topological polar surface area (TPSA) is 58.4 Å². The highest BCUT2D eigenvalue weighted by molar-refractivity contribution is 5.85. The van der Waals surface area contributed by atoms with Crippen LogP contribution < -0.4 is 11.1 Å². The highest BCUT2D eigenvalue weighted by Crippen LogP contribution is 2.30. The molecular formula is C18H30Cl2F3N3O. The molecule has 1 rings (SSSR count). The van der Waals surface area contributed by atoms with E-state index in [1.165, 1.54) is 12.1 Å². The zero-order valence-electron chi connectivity index (χ0n) is 15.9. The van der Waals surface area contributed by atoms with E-state index >= 15 is 0 Å². The van der Waals surface area contributed by atoms with Gasteiger partial charge in [0.15, 0.2) is 0 Å². The molecule has 1 amide bonds. The van der Waals surface area contributed by atoms with Gasteiger partial charge in [-0.15, -0.1) is 24.8 Å². The maximum Gasteiger partial charge on any atom is 0.416 e. The molecule has 0 spiro atoms. The van der Waals surface area contributed by atoms with Crippen molar-refractivity contribution in [3.05, 3.63) is 35.4 Å². The van der Waals surface area contributed by atoms with Crippen LogP contribution in [0, 0.1) is 0 Å². The van der Waals surface area contributed by atoms with Crippen molar-refractivity contribution in [1.82, 2.24) is 10.2 Å². The van der Waals surface area contributed by atoms with Crippen LogP contribution in [0.4, 0.5) is 13.2 Å². The van der Waals surface area contributed by atoms with E-state index in [1.54, 1.807) is 0 Å². The SMILES string of the molecule is CCN(CC)C(CNC(=O)CCC(C)N)c1ccc(C(F)(F)F)cc1.Cl.Cl. The molecule has 1 aromatic rings. The van der Waals surface area contributed by atoms with Gasteiger partial charge in [0.1, 0.15) is 0 Å². The number of halogens is 5. The molecule has 0 fully saturated rings. The first-order valence-corrected chi connectivity index (χ1v) is 8.62. The summed E-state index contributed by atoms with van der Waals surface area (Å²) < 4.78 is 38.2. The number of alkyl halides is 3. The Hall–Kier alpha value is -1.02. The van der Waals surface area contributed by atoms with Crippen LogP contribution in [0.3, 0.4) is 0 Å². The average molecular weight is 432 g/mol. The van der Waals surface area contributed by atoms with Gasteiger partial charge in [0.05, 0.1) is 11.6 Å². The number of nitrogens with two attached hydrogens (primary N) is 1. The Balaban J connectivity index is 0. The van der Waals surface area contributed by atoms with E-state index in [4.69, 9.17) is 5.73 Å². The lowest BCUT2D eigenvalue weighted by molar-refractivity contribution is -0.137. The highest BCUT2D eigenvalue weighted by Gasteiger charge is 2.30. The minimum atomic E-state index is -4.35. The van der Waals surface area contributed by atoms with Crippen molar-refractivity contribution in [1.29, 1.82) is 0 Å². The summed E-state index contributed by atoms with van der Waals surface area (Å²) in [5.41, 5.74) is 5.73. The standard InChI is InChI=1S/C18H28F3N3O.2ClH/c1-4-24(5-2)16(12-23-17(25)11-6-13(3)22)14-7-9-15(10-8-14)18(19,20)21;;/h7-10,13,16H,4-6,11-12,22H2,1-3H3,(H,23,25);2*1H. The summed E-state index contributed by atoms with van der Waals surface area (Å²) >= 11 is 0. The number of amides is 1. The molecule has 4 nitrogen and oxygen atoms in total. The Morgan fingerprint density at radius 1 is 1.15 bits per heavy atom. The maximum absolute atomic E-state index is 12.7. The summed E-state index contributed by atoms with van der Waals surface area (Å²) in [6, 6.07) is 4.93. The third-order valence-corrected chi connectivity index (χ3v) is 4.20. The molecule has 0 heterocycles. The summed E-state index contributed by atoms with van der Waals surface area (Å²) in [5, 5.41) is 2.87. The van der Waals surface area contributed by atoms with Crippen molar-refractivity contribution in [2.24, 2.45) is 5.73 Å². The van der Waals surface area contributed by atoms with Crippen LogP contribution >= 0.6 is 24.8 Å². The number of nitrogens with zero attached hydrogens (tertiary/aromatic N) is 1. The van der Waals surface area contributed by atoms with Crippen molar-refractivity contribution in [2.75, 3.05) is 19.6 Å². The van der Waals surface area contributed by atoms with E-state index in [-0.39, 0.29) is 42.8 Å². The third kappa shape index (κ3) is 9.65. The normalized spacial score (nSPS) is 13.3. The van der Waals surface area contributed by atoms with Gasteiger partial charge in [-0.1, -0.05) is 26.0 Å². The van der Waals surface area contributed by atoms with Gasteiger partial charge in [0.2, 0.25) is 5.91 Å². The van der Waals surface area contributed by atoms with Gasteiger partial charge >= 0.3 is 6.18 Å². The lowest BCUT2D eigenvalue weighted by Crippen LogP contribution is -2.38. The quantitative estimate of drug-likeness (QED) is 0.616. The van der Waals surface area contributed by atoms with Crippen LogP contribution in [0.5, 0.6) is 0 Å². The fourth-order valence-corrected chi connectivity index (χ4v) is 2.67. The second-order valence-electron chi connectivity index (χ2n) is 6.18. The molecule has 0 saturated heterocycles. The number of carbonyl (C=O) groups excluding carboxylic acids is 1. The lowest BCUT2D eigenvalue weighted by atomic mass is 10.0. The van der Waals surface area contributed by atoms with E-state index in [2.05, 4.69) is 10.2 Å². The molecule has 9 heteroatoms. The summed E-state index contributed by atoms with van der Waals surface area (Å²) in [7, 11) is 0. The Morgan fingerprint density at radius 2 is 1.67 bits per heavy atom. The number of benzene rings is 1. The summed E-state index contributed by atoms with van der Waals surface area (Å²) in [5.74, 6) is -0.0960. The molecule has 158 valence electrons. The van der Waals surface area contributed by atoms with Gasteiger partial charge in [-0.25, -0.2) is 0 Å². The Bertz CT molecular complexity index is 536. The number of rotatable bonds is 9. The molecule has 0 aromatic heterocycles.